The average molecular weight is 207 g/mol. The van der Waals surface area contributed by atoms with Crippen LogP contribution in [-0.4, -0.2) is 20.2 Å². The van der Waals surface area contributed by atoms with Crippen molar-refractivity contribution in [3.63, 3.8) is 0 Å². The molecule has 1 N–H and O–H groups in total. The van der Waals surface area contributed by atoms with E-state index in [-0.39, 0.29) is 5.41 Å². The third-order valence-corrected chi connectivity index (χ3v) is 2.55. The van der Waals surface area contributed by atoms with Crippen LogP contribution in [0.3, 0.4) is 0 Å². The Bertz CT molecular complexity index is 307. The summed E-state index contributed by atoms with van der Waals surface area (Å²) in [6, 6.07) is 8.33. The van der Waals surface area contributed by atoms with Crippen LogP contribution >= 0.6 is 0 Å². The van der Waals surface area contributed by atoms with Crippen molar-refractivity contribution in [1.29, 1.82) is 0 Å². The molecule has 15 heavy (non-hydrogen) atoms. The van der Waals surface area contributed by atoms with Crippen LogP contribution in [0.1, 0.15) is 26.3 Å². The average Bonchev–Trinajstić information content (AvgIpc) is 2.19. The fraction of sp³-hybridized carbons (Fsp3) is 0.538. The number of ether oxygens (including phenoxy) is 1. The molecule has 0 bridgehead atoms. The second-order valence-corrected chi connectivity index (χ2v) is 4.38. The van der Waals surface area contributed by atoms with E-state index in [1.807, 2.05) is 20.0 Å². The van der Waals surface area contributed by atoms with Crippen LogP contribution < -0.4 is 10.1 Å². The lowest BCUT2D eigenvalue weighted by atomic mass is 9.84. The summed E-state index contributed by atoms with van der Waals surface area (Å²) in [5, 5.41) is 3.22. The molecule has 2 nitrogen and oxygen atoms in total. The van der Waals surface area contributed by atoms with Crippen molar-refractivity contribution in [1.82, 2.24) is 5.32 Å². The smallest absolute Gasteiger partial charge is 0.119 e. The zero-order valence-corrected chi connectivity index (χ0v) is 10.1. The van der Waals surface area contributed by atoms with Gasteiger partial charge in [0.1, 0.15) is 5.75 Å². The zero-order chi connectivity index (χ0) is 11.3. The molecule has 84 valence electrons. The van der Waals surface area contributed by atoms with Crippen LogP contribution in [0, 0.1) is 0 Å². The maximum atomic E-state index is 5.50. The molecule has 1 aromatic carbocycles. The van der Waals surface area contributed by atoms with E-state index < -0.39 is 0 Å². The van der Waals surface area contributed by atoms with Gasteiger partial charge in [-0.1, -0.05) is 26.0 Å². The number of nitrogens with one attached hydrogen (secondary N) is 1. The van der Waals surface area contributed by atoms with E-state index in [0.29, 0.717) is 0 Å². The highest BCUT2D eigenvalue weighted by Crippen LogP contribution is 2.25. The Morgan fingerprint density at radius 3 is 2.67 bits per heavy atom. The summed E-state index contributed by atoms with van der Waals surface area (Å²) in [7, 11) is 1.98. The van der Waals surface area contributed by atoms with Crippen molar-refractivity contribution in [3.8, 4) is 5.75 Å². The lowest BCUT2D eigenvalue weighted by molar-refractivity contribution is 0.338. The second kappa shape index (κ2) is 5.17. The van der Waals surface area contributed by atoms with Crippen molar-refractivity contribution in [2.24, 2.45) is 0 Å². The number of hydrogen-bond acceptors (Lipinski definition) is 2. The van der Waals surface area contributed by atoms with Gasteiger partial charge in [0, 0.05) is 12.0 Å². The summed E-state index contributed by atoms with van der Waals surface area (Å²) in [5.74, 6) is 0.958. The maximum absolute atomic E-state index is 5.50. The first kappa shape index (κ1) is 12.1. The summed E-state index contributed by atoms with van der Waals surface area (Å²) in [6.07, 6.45) is 0. The Hall–Kier alpha value is -1.02. The van der Waals surface area contributed by atoms with Gasteiger partial charge >= 0.3 is 0 Å². The van der Waals surface area contributed by atoms with Crippen LogP contribution in [0.4, 0.5) is 0 Å². The molecule has 0 aliphatic rings. The molecule has 0 heterocycles. The molecule has 0 fully saturated rings. The van der Waals surface area contributed by atoms with Crippen LogP contribution in [0.15, 0.2) is 24.3 Å². The predicted molar refractivity (Wildman–Crippen MR) is 64.6 cm³/mol. The molecule has 1 aromatic rings. The molecule has 0 amide bonds. The summed E-state index contributed by atoms with van der Waals surface area (Å²) in [5.41, 5.74) is 1.45. The number of hydrogen-bond donors (Lipinski definition) is 1. The third kappa shape index (κ3) is 3.24. The monoisotopic (exact) mass is 207 g/mol. The maximum Gasteiger partial charge on any atom is 0.119 e. The molecule has 1 rings (SSSR count). The molecule has 0 radical (unpaired) electrons. The quantitative estimate of drug-likeness (QED) is 0.801. The van der Waals surface area contributed by atoms with Crippen molar-refractivity contribution >= 4 is 0 Å². The Kier molecular flexibility index (Phi) is 4.15. The molecule has 2 heteroatoms. The summed E-state index contributed by atoms with van der Waals surface area (Å²) < 4.78 is 5.50. The van der Waals surface area contributed by atoms with Gasteiger partial charge < -0.3 is 10.1 Å². The molecule has 0 aromatic heterocycles. The van der Waals surface area contributed by atoms with E-state index in [4.69, 9.17) is 4.74 Å². The zero-order valence-electron chi connectivity index (χ0n) is 10.1. The summed E-state index contributed by atoms with van der Waals surface area (Å²) >= 11 is 0. The van der Waals surface area contributed by atoms with Crippen LogP contribution in [0.5, 0.6) is 5.75 Å². The third-order valence-electron chi connectivity index (χ3n) is 2.55. The van der Waals surface area contributed by atoms with E-state index in [1.54, 1.807) is 0 Å². The van der Waals surface area contributed by atoms with Crippen molar-refractivity contribution in [2.45, 2.75) is 26.2 Å². The Labute approximate surface area is 92.6 Å². The standard InChI is InChI=1S/C13H21NO/c1-5-15-12-8-6-7-11(9-12)13(2,3)10-14-4/h6-9,14H,5,10H2,1-4H3. The van der Waals surface area contributed by atoms with Crippen molar-refractivity contribution in [3.05, 3.63) is 29.8 Å². The Morgan fingerprint density at radius 1 is 1.33 bits per heavy atom. The predicted octanol–water partition coefficient (Wildman–Crippen LogP) is 2.58. The highest BCUT2D eigenvalue weighted by Gasteiger charge is 2.19. The SMILES string of the molecule is CCOc1cccc(C(C)(C)CNC)c1. The van der Waals surface area contributed by atoms with Crippen LogP contribution in [0.25, 0.3) is 0 Å². The summed E-state index contributed by atoms with van der Waals surface area (Å²) in [4.78, 5) is 0. The molecule has 0 aliphatic heterocycles. The van der Waals surface area contributed by atoms with Gasteiger partial charge in [0.25, 0.3) is 0 Å². The minimum atomic E-state index is 0.141. The molecule has 0 atom stereocenters. The van der Waals surface area contributed by atoms with Gasteiger partial charge in [-0.25, -0.2) is 0 Å². The van der Waals surface area contributed by atoms with E-state index >= 15 is 0 Å². The van der Waals surface area contributed by atoms with Crippen molar-refractivity contribution in [2.75, 3.05) is 20.2 Å². The van der Waals surface area contributed by atoms with Gasteiger partial charge in [0.2, 0.25) is 0 Å². The molecule has 0 spiro atoms. The topological polar surface area (TPSA) is 21.3 Å². The molecule has 0 saturated heterocycles. The minimum absolute atomic E-state index is 0.141. The van der Waals surface area contributed by atoms with E-state index in [9.17, 15) is 0 Å². The first-order chi connectivity index (χ1) is 7.10. The molecule has 0 aliphatic carbocycles. The van der Waals surface area contributed by atoms with Gasteiger partial charge in [0.15, 0.2) is 0 Å². The fourth-order valence-electron chi connectivity index (χ4n) is 1.72. The summed E-state index contributed by atoms with van der Waals surface area (Å²) in [6.45, 7) is 8.15. The molecule has 0 unspecified atom stereocenters. The second-order valence-electron chi connectivity index (χ2n) is 4.38. The van der Waals surface area contributed by atoms with E-state index in [2.05, 4.69) is 37.4 Å². The molecule has 0 saturated carbocycles. The Balaban J connectivity index is 2.88. The number of rotatable bonds is 5. The highest BCUT2D eigenvalue weighted by atomic mass is 16.5. The van der Waals surface area contributed by atoms with Gasteiger partial charge in [0.05, 0.1) is 6.61 Å². The lowest BCUT2D eigenvalue weighted by Crippen LogP contribution is -2.30. The van der Waals surface area contributed by atoms with Gasteiger partial charge in [-0.3, -0.25) is 0 Å². The first-order valence-corrected chi connectivity index (χ1v) is 5.48. The largest absolute Gasteiger partial charge is 0.494 e. The van der Waals surface area contributed by atoms with Gasteiger partial charge in [-0.15, -0.1) is 0 Å². The van der Waals surface area contributed by atoms with E-state index in [0.717, 1.165) is 18.9 Å². The Morgan fingerprint density at radius 2 is 2.07 bits per heavy atom. The van der Waals surface area contributed by atoms with Crippen molar-refractivity contribution < 1.29 is 4.74 Å². The van der Waals surface area contributed by atoms with E-state index in [1.165, 1.54) is 5.56 Å². The molecular weight excluding hydrogens is 186 g/mol. The first-order valence-electron chi connectivity index (χ1n) is 5.48. The molecular formula is C13H21NO. The van der Waals surface area contributed by atoms with Crippen LogP contribution in [-0.2, 0) is 5.41 Å². The minimum Gasteiger partial charge on any atom is -0.494 e. The fourth-order valence-corrected chi connectivity index (χ4v) is 1.72. The lowest BCUT2D eigenvalue weighted by Gasteiger charge is -2.25. The van der Waals surface area contributed by atoms with Crippen LogP contribution in [0.2, 0.25) is 0 Å². The van der Waals surface area contributed by atoms with Gasteiger partial charge in [-0.05, 0) is 31.7 Å². The number of benzene rings is 1. The highest BCUT2D eigenvalue weighted by molar-refractivity contribution is 5.33. The van der Waals surface area contributed by atoms with Gasteiger partial charge in [-0.2, -0.15) is 0 Å². The number of likely N-dealkylation sites (N-methyl/N-ethyl adjacent to an activating group) is 1. The normalized spacial score (nSPS) is 11.5.